The number of para-hydroxylation sites is 1. The van der Waals surface area contributed by atoms with Crippen LogP contribution >= 0.6 is 11.8 Å². The molecule has 0 bridgehead atoms. The summed E-state index contributed by atoms with van der Waals surface area (Å²) in [4.78, 5) is 0. The predicted molar refractivity (Wildman–Crippen MR) is 78.3 cm³/mol. The normalized spacial score (nSPS) is 12.1. The van der Waals surface area contributed by atoms with E-state index in [2.05, 4.69) is 6.26 Å². The second-order valence-corrected chi connectivity index (χ2v) is 4.96. The van der Waals surface area contributed by atoms with E-state index in [-0.39, 0.29) is 6.04 Å². The maximum atomic E-state index is 6.05. The van der Waals surface area contributed by atoms with Gasteiger partial charge in [0.25, 0.3) is 0 Å². The molecule has 2 aromatic rings. The first-order valence-corrected chi connectivity index (χ1v) is 7.26. The lowest BCUT2D eigenvalue weighted by atomic mass is 10.1. The molecule has 0 aliphatic carbocycles. The van der Waals surface area contributed by atoms with Gasteiger partial charge in [0, 0.05) is 11.8 Å². The Morgan fingerprint density at radius 2 is 1.61 bits per heavy atom. The highest BCUT2D eigenvalue weighted by Gasteiger charge is 2.05. The zero-order chi connectivity index (χ0) is 12.8. The molecule has 2 N–H and O–H groups in total. The second kappa shape index (κ2) is 6.47. The Kier molecular flexibility index (Phi) is 4.67. The van der Waals surface area contributed by atoms with E-state index in [0.717, 1.165) is 22.8 Å². The smallest absolute Gasteiger partial charge is 0.127 e. The molecule has 2 rings (SSSR count). The van der Waals surface area contributed by atoms with E-state index in [1.165, 1.54) is 0 Å². The highest BCUT2D eigenvalue weighted by molar-refractivity contribution is 7.98. The average molecular weight is 259 g/mol. The Bertz CT molecular complexity index is 470. The molecular formula is C15H17NOS. The Balaban J connectivity index is 2.04. The lowest BCUT2D eigenvalue weighted by Crippen LogP contribution is -2.12. The van der Waals surface area contributed by atoms with E-state index in [1.807, 2.05) is 54.6 Å². The first-order chi connectivity index (χ1) is 8.79. The van der Waals surface area contributed by atoms with Crippen LogP contribution in [0, 0.1) is 0 Å². The van der Waals surface area contributed by atoms with E-state index in [0.29, 0.717) is 0 Å². The zero-order valence-corrected chi connectivity index (χ0v) is 11.2. The minimum absolute atomic E-state index is 0.0887. The number of thioether (sulfide) groups is 1. The molecule has 0 spiro atoms. The van der Waals surface area contributed by atoms with Crippen molar-refractivity contribution in [1.29, 1.82) is 0 Å². The number of nitrogens with two attached hydrogens (primary N) is 1. The molecule has 0 aliphatic heterocycles. The van der Waals surface area contributed by atoms with E-state index in [1.54, 1.807) is 11.8 Å². The van der Waals surface area contributed by atoms with Crippen molar-refractivity contribution in [2.24, 2.45) is 5.73 Å². The van der Waals surface area contributed by atoms with Gasteiger partial charge in [-0.3, -0.25) is 0 Å². The van der Waals surface area contributed by atoms with Gasteiger partial charge in [-0.1, -0.05) is 30.3 Å². The van der Waals surface area contributed by atoms with Crippen LogP contribution in [0.2, 0.25) is 0 Å². The monoisotopic (exact) mass is 259 g/mol. The third-order valence-electron chi connectivity index (χ3n) is 2.63. The lowest BCUT2D eigenvalue weighted by molar-refractivity contribution is 0.482. The largest absolute Gasteiger partial charge is 0.457 e. The van der Waals surface area contributed by atoms with Crippen molar-refractivity contribution in [3.8, 4) is 11.5 Å². The molecule has 0 saturated carbocycles. The van der Waals surface area contributed by atoms with Gasteiger partial charge in [0.05, 0.1) is 0 Å². The number of hydrogen-bond acceptors (Lipinski definition) is 3. The first-order valence-electron chi connectivity index (χ1n) is 5.87. The fourth-order valence-electron chi connectivity index (χ4n) is 1.68. The molecule has 0 amide bonds. The van der Waals surface area contributed by atoms with Gasteiger partial charge in [-0.25, -0.2) is 0 Å². The molecule has 2 aromatic carbocycles. The molecule has 94 valence electrons. The van der Waals surface area contributed by atoms with Crippen molar-refractivity contribution in [3.05, 3.63) is 60.2 Å². The predicted octanol–water partition coefficient (Wildman–Crippen LogP) is 3.84. The summed E-state index contributed by atoms with van der Waals surface area (Å²) in [5.74, 6) is 2.61. The van der Waals surface area contributed by atoms with Gasteiger partial charge in [0.2, 0.25) is 0 Å². The molecule has 18 heavy (non-hydrogen) atoms. The summed E-state index contributed by atoms with van der Waals surface area (Å²) >= 11 is 1.76. The van der Waals surface area contributed by atoms with E-state index in [9.17, 15) is 0 Å². The quantitative estimate of drug-likeness (QED) is 0.886. The van der Waals surface area contributed by atoms with Crippen molar-refractivity contribution >= 4 is 11.8 Å². The highest BCUT2D eigenvalue weighted by atomic mass is 32.2. The van der Waals surface area contributed by atoms with Gasteiger partial charge < -0.3 is 10.5 Å². The van der Waals surface area contributed by atoms with E-state index in [4.69, 9.17) is 10.5 Å². The standard InChI is InChI=1S/C15H17NOS/c1-18-11-15(16)12-7-9-14(10-8-12)17-13-5-3-2-4-6-13/h2-10,15H,11,16H2,1H3. The van der Waals surface area contributed by atoms with Crippen LogP contribution in [0.4, 0.5) is 0 Å². The fourth-order valence-corrected chi connectivity index (χ4v) is 2.24. The number of rotatable bonds is 5. The Hall–Kier alpha value is -1.45. The van der Waals surface area contributed by atoms with Crippen molar-refractivity contribution in [2.75, 3.05) is 12.0 Å². The summed E-state index contributed by atoms with van der Waals surface area (Å²) in [6.45, 7) is 0. The number of ether oxygens (including phenoxy) is 1. The molecular weight excluding hydrogens is 242 g/mol. The molecule has 0 radical (unpaired) electrons. The highest BCUT2D eigenvalue weighted by Crippen LogP contribution is 2.23. The minimum Gasteiger partial charge on any atom is -0.457 e. The maximum Gasteiger partial charge on any atom is 0.127 e. The van der Waals surface area contributed by atoms with Crippen LogP contribution in [0.3, 0.4) is 0 Å². The van der Waals surface area contributed by atoms with Crippen molar-refractivity contribution in [1.82, 2.24) is 0 Å². The molecule has 0 saturated heterocycles. The summed E-state index contributed by atoms with van der Waals surface area (Å²) in [5, 5.41) is 0. The Morgan fingerprint density at radius 3 is 2.22 bits per heavy atom. The van der Waals surface area contributed by atoms with Gasteiger partial charge in [-0.15, -0.1) is 0 Å². The third kappa shape index (κ3) is 3.52. The summed E-state index contributed by atoms with van der Waals surface area (Å²) in [7, 11) is 0. The second-order valence-electron chi connectivity index (χ2n) is 4.05. The van der Waals surface area contributed by atoms with Gasteiger partial charge in [-0.05, 0) is 36.1 Å². The molecule has 0 fully saturated rings. The lowest BCUT2D eigenvalue weighted by Gasteiger charge is -2.11. The van der Waals surface area contributed by atoms with Gasteiger partial charge in [-0.2, -0.15) is 11.8 Å². The number of hydrogen-bond donors (Lipinski definition) is 1. The van der Waals surface area contributed by atoms with E-state index >= 15 is 0 Å². The van der Waals surface area contributed by atoms with E-state index < -0.39 is 0 Å². The van der Waals surface area contributed by atoms with Crippen LogP contribution in [0.25, 0.3) is 0 Å². The van der Waals surface area contributed by atoms with Crippen LogP contribution < -0.4 is 10.5 Å². The molecule has 0 heterocycles. The van der Waals surface area contributed by atoms with Crippen LogP contribution in [-0.2, 0) is 0 Å². The third-order valence-corrected chi connectivity index (χ3v) is 3.33. The molecule has 3 heteroatoms. The van der Waals surface area contributed by atoms with Crippen molar-refractivity contribution in [2.45, 2.75) is 6.04 Å². The van der Waals surface area contributed by atoms with Crippen molar-refractivity contribution in [3.63, 3.8) is 0 Å². The molecule has 2 nitrogen and oxygen atoms in total. The SMILES string of the molecule is CSCC(N)c1ccc(Oc2ccccc2)cc1. The van der Waals surface area contributed by atoms with Crippen LogP contribution in [0.1, 0.15) is 11.6 Å². The molecule has 0 aliphatic rings. The Labute approximate surface area is 112 Å². The molecule has 0 aromatic heterocycles. The molecule has 1 atom stereocenters. The van der Waals surface area contributed by atoms with Gasteiger partial charge >= 0.3 is 0 Å². The van der Waals surface area contributed by atoms with Crippen molar-refractivity contribution < 1.29 is 4.74 Å². The molecule has 1 unspecified atom stereocenters. The average Bonchev–Trinajstić information content (AvgIpc) is 2.41. The summed E-state index contributed by atoms with van der Waals surface area (Å²) in [5.41, 5.74) is 7.19. The minimum atomic E-state index is 0.0887. The summed E-state index contributed by atoms with van der Waals surface area (Å²) in [6, 6.07) is 17.8. The Morgan fingerprint density at radius 1 is 1.00 bits per heavy atom. The maximum absolute atomic E-state index is 6.05. The van der Waals surface area contributed by atoms with Gasteiger partial charge in [0.1, 0.15) is 11.5 Å². The summed E-state index contributed by atoms with van der Waals surface area (Å²) in [6.07, 6.45) is 2.06. The summed E-state index contributed by atoms with van der Waals surface area (Å²) < 4.78 is 5.73. The fraction of sp³-hybridized carbons (Fsp3) is 0.200. The zero-order valence-electron chi connectivity index (χ0n) is 10.4. The van der Waals surface area contributed by atoms with Crippen LogP contribution in [0.15, 0.2) is 54.6 Å². The number of benzene rings is 2. The van der Waals surface area contributed by atoms with Gasteiger partial charge in [0.15, 0.2) is 0 Å². The van der Waals surface area contributed by atoms with Crippen LogP contribution in [-0.4, -0.2) is 12.0 Å². The topological polar surface area (TPSA) is 35.2 Å². The first kappa shape index (κ1) is 13.0. The van der Waals surface area contributed by atoms with Crippen LogP contribution in [0.5, 0.6) is 11.5 Å².